The zero-order valence-corrected chi connectivity index (χ0v) is 18.2. The summed E-state index contributed by atoms with van der Waals surface area (Å²) < 4.78 is 39.6. The molecule has 1 amide bonds. The molecule has 2 heterocycles. The number of carbonyl (C=O) groups is 1. The van der Waals surface area contributed by atoms with Crippen LogP contribution in [0.4, 0.5) is 4.39 Å². The lowest BCUT2D eigenvalue weighted by Crippen LogP contribution is -2.24. The van der Waals surface area contributed by atoms with Crippen molar-refractivity contribution in [3.8, 4) is 11.3 Å². The van der Waals surface area contributed by atoms with Crippen molar-refractivity contribution in [1.82, 2.24) is 15.1 Å². The molecule has 0 saturated carbocycles. The van der Waals surface area contributed by atoms with E-state index in [0.29, 0.717) is 17.7 Å². The van der Waals surface area contributed by atoms with Crippen molar-refractivity contribution < 1.29 is 17.6 Å². The first-order valence-electron chi connectivity index (χ1n) is 10.1. The molecule has 2 aromatic carbocycles. The van der Waals surface area contributed by atoms with Crippen molar-refractivity contribution in [3.05, 3.63) is 76.7 Å². The fourth-order valence-corrected chi connectivity index (χ4v) is 5.47. The van der Waals surface area contributed by atoms with Gasteiger partial charge in [-0.1, -0.05) is 30.3 Å². The fourth-order valence-electron chi connectivity index (χ4n) is 3.78. The van der Waals surface area contributed by atoms with Gasteiger partial charge in [-0.2, -0.15) is 5.10 Å². The highest BCUT2D eigenvalue weighted by molar-refractivity contribution is 7.91. The number of aromatic nitrogens is 2. The van der Waals surface area contributed by atoms with Crippen LogP contribution in [0, 0.1) is 19.7 Å². The van der Waals surface area contributed by atoms with Crippen LogP contribution in [-0.2, 0) is 16.4 Å². The lowest BCUT2D eigenvalue weighted by atomic mass is 10.0. The van der Waals surface area contributed by atoms with Crippen molar-refractivity contribution in [1.29, 1.82) is 0 Å². The van der Waals surface area contributed by atoms with Crippen molar-refractivity contribution in [2.45, 2.75) is 32.9 Å². The molecule has 8 heteroatoms. The van der Waals surface area contributed by atoms with Gasteiger partial charge < -0.3 is 5.32 Å². The average Bonchev–Trinajstić information content (AvgIpc) is 3.32. The highest BCUT2D eigenvalue weighted by atomic mass is 32.2. The van der Waals surface area contributed by atoms with E-state index in [2.05, 4.69) is 10.4 Å². The van der Waals surface area contributed by atoms with Gasteiger partial charge >= 0.3 is 0 Å². The molecule has 3 aromatic rings. The zero-order chi connectivity index (χ0) is 22.2. The first kappa shape index (κ1) is 21.2. The number of amides is 1. The number of hydrogen-bond acceptors (Lipinski definition) is 4. The van der Waals surface area contributed by atoms with E-state index in [1.807, 2.05) is 32.0 Å². The molecule has 0 aliphatic carbocycles. The van der Waals surface area contributed by atoms with Gasteiger partial charge in [-0.15, -0.1) is 0 Å². The van der Waals surface area contributed by atoms with Gasteiger partial charge in [0.2, 0.25) is 0 Å². The summed E-state index contributed by atoms with van der Waals surface area (Å²) in [5.41, 5.74) is 4.35. The van der Waals surface area contributed by atoms with E-state index < -0.39 is 15.7 Å². The van der Waals surface area contributed by atoms with Crippen LogP contribution < -0.4 is 5.32 Å². The van der Waals surface area contributed by atoms with Crippen LogP contribution in [0.15, 0.2) is 48.5 Å². The number of aryl methyl sites for hydroxylation is 2. The summed E-state index contributed by atoms with van der Waals surface area (Å²) in [6.45, 7) is 4.05. The molecule has 0 unspecified atom stereocenters. The van der Waals surface area contributed by atoms with Crippen LogP contribution in [-0.4, -0.2) is 35.6 Å². The molecule has 0 radical (unpaired) electrons. The van der Waals surface area contributed by atoms with Gasteiger partial charge in [0.05, 0.1) is 23.2 Å². The van der Waals surface area contributed by atoms with Crippen LogP contribution >= 0.6 is 0 Å². The number of hydrogen-bond donors (Lipinski definition) is 1. The van der Waals surface area contributed by atoms with Gasteiger partial charge in [-0.3, -0.25) is 9.48 Å². The van der Waals surface area contributed by atoms with E-state index in [4.69, 9.17) is 0 Å². The Morgan fingerprint density at radius 2 is 1.94 bits per heavy atom. The third-order valence-electron chi connectivity index (χ3n) is 5.72. The number of carbonyl (C=O) groups excluding carboxylic acids is 1. The van der Waals surface area contributed by atoms with Gasteiger partial charge in [-0.05, 0) is 49.6 Å². The Kier molecular flexibility index (Phi) is 5.66. The van der Waals surface area contributed by atoms with Crippen LogP contribution in [0.25, 0.3) is 11.3 Å². The molecule has 31 heavy (non-hydrogen) atoms. The minimum atomic E-state index is -3.12. The number of halogens is 1. The number of nitrogens with zero attached hydrogens (tertiary/aromatic N) is 2. The van der Waals surface area contributed by atoms with Gasteiger partial charge in [0.1, 0.15) is 5.82 Å². The predicted octanol–water partition coefficient (Wildman–Crippen LogP) is 3.60. The van der Waals surface area contributed by atoms with E-state index in [0.717, 1.165) is 16.7 Å². The number of rotatable bonds is 5. The van der Waals surface area contributed by atoms with E-state index in [-0.39, 0.29) is 35.6 Å². The fraction of sp³-hybridized carbons (Fsp3) is 0.304. The number of sulfone groups is 1. The summed E-state index contributed by atoms with van der Waals surface area (Å²) in [5.74, 6) is -0.713. The molecule has 1 aliphatic rings. The Morgan fingerprint density at radius 1 is 1.16 bits per heavy atom. The Balaban J connectivity index is 1.66. The van der Waals surface area contributed by atoms with Crippen molar-refractivity contribution in [3.63, 3.8) is 0 Å². The smallest absolute Gasteiger partial charge is 0.272 e. The van der Waals surface area contributed by atoms with Crippen LogP contribution in [0.1, 0.15) is 39.6 Å². The maximum Gasteiger partial charge on any atom is 0.272 e. The third kappa shape index (κ3) is 4.54. The second-order valence-electron chi connectivity index (χ2n) is 7.99. The molecule has 0 bridgehead atoms. The maximum atomic E-state index is 13.9. The highest BCUT2D eigenvalue weighted by Gasteiger charge is 2.32. The molecule has 4 rings (SSSR count). The minimum Gasteiger partial charge on any atom is -0.346 e. The number of benzene rings is 2. The first-order valence-corrected chi connectivity index (χ1v) is 11.9. The molecular weight excluding hydrogens is 417 g/mol. The maximum absolute atomic E-state index is 13.9. The van der Waals surface area contributed by atoms with Gasteiger partial charge in [0, 0.05) is 17.7 Å². The predicted molar refractivity (Wildman–Crippen MR) is 117 cm³/mol. The standard InChI is InChI=1S/C23H24FN3O3S/c1-15-7-8-17(11-16(15)2)22-12-21(26-27(22)19-9-10-31(29,30)14-19)23(28)25-13-18-5-3-4-6-20(18)24/h3-8,11-12,19H,9-10,13-14H2,1-2H3,(H,25,28)/t19-/m0/s1. The van der Waals surface area contributed by atoms with Gasteiger partial charge in [-0.25, -0.2) is 12.8 Å². The molecule has 1 aliphatic heterocycles. The monoisotopic (exact) mass is 441 g/mol. The van der Waals surface area contributed by atoms with Crippen LogP contribution in [0.5, 0.6) is 0 Å². The third-order valence-corrected chi connectivity index (χ3v) is 7.47. The van der Waals surface area contributed by atoms with Crippen molar-refractivity contribution in [2.24, 2.45) is 0 Å². The Labute approximate surface area is 181 Å². The summed E-state index contributed by atoms with van der Waals surface area (Å²) in [6, 6.07) is 13.5. The summed E-state index contributed by atoms with van der Waals surface area (Å²) in [4.78, 5) is 12.8. The Bertz CT molecular complexity index is 1250. The number of nitrogens with one attached hydrogen (secondary N) is 1. The molecule has 6 nitrogen and oxygen atoms in total. The molecule has 1 atom stereocenters. The largest absolute Gasteiger partial charge is 0.346 e. The molecule has 1 aromatic heterocycles. The molecule has 1 fully saturated rings. The Hall–Kier alpha value is -3.00. The van der Waals surface area contributed by atoms with E-state index in [9.17, 15) is 17.6 Å². The van der Waals surface area contributed by atoms with E-state index in [1.54, 1.807) is 28.9 Å². The molecule has 162 valence electrons. The second kappa shape index (κ2) is 8.26. The van der Waals surface area contributed by atoms with Crippen molar-refractivity contribution >= 4 is 15.7 Å². The summed E-state index contributed by atoms with van der Waals surface area (Å²) in [5, 5.41) is 7.17. The van der Waals surface area contributed by atoms with E-state index >= 15 is 0 Å². The second-order valence-corrected chi connectivity index (χ2v) is 10.2. The summed E-state index contributed by atoms with van der Waals surface area (Å²) >= 11 is 0. The SMILES string of the molecule is Cc1ccc(-c2cc(C(=O)NCc3ccccc3F)nn2[C@H]2CCS(=O)(=O)C2)cc1C. The molecule has 0 spiro atoms. The van der Waals surface area contributed by atoms with Crippen molar-refractivity contribution in [2.75, 3.05) is 11.5 Å². The van der Waals surface area contributed by atoms with Gasteiger partial charge in [0.15, 0.2) is 15.5 Å². The van der Waals surface area contributed by atoms with Crippen LogP contribution in [0.3, 0.4) is 0 Å². The lowest BCUT2D eigenvalue weighted by Gasteiger charge is -2.14. The normalized spacial score (nSPS) is 17.6. The highest BCUT2D eigenvalue weighted by Crippen LogP contribution is 2.31. The molecule has 1 saturated heterocycles. The molecular formula is C23H24FN3O3S. The topological polar surface area (TPSA) is 81.1 Å². The summed E-state index contributed by atoms with van der Waals surface area (Å²) in [6.07, 6.45) is 0.456. The minimum absolute atomic E-state index is 0.00279. The quantitative estimate of drug-likeness (QED) is 0.656. The lowest BCUT2D eigenvalue weighted by molar-refractivity contribution is 0.0944. The van der Waals surface area contributed by atoms with Gasteiger partial charge in [0.25, 0.3) is 5.91 Å². The first-order chi connectivity index (χ1) is 14.7. The molecule has 1 N–H and O–H groups in total. The van der Waals surface area contributed by atoms with E-state index in [1.165, 1.54) is 6.07 Å². The van der Waals surface area contributed by atoms with Crippen LogP contribution in [0.2, 0.25) is 0 Å². The zero-order valence-electron chi connectivity index (χ0n) is 17.4. The Morgan fingerprint density at radius 3 is 2.61 bits per heavy atom. The summed E-state index contributed by atoms with van der Waals surface area (Å²) in [7, 11) is -3.12. The average molecular weight is 442 g/mol.